The Kier molecular flexibility index (Phi) is 5.49. The van der Waals surface area contributed by atoms with E-state index in [9.17, 15) is 0 Å². The third kappa shape index (κ3) is 4.24. The molecule has 0 fully saturated rings. The SMILES string of the molecule is COc1cccc(Nc2nnc(SCc3csc(-c4ccsc4)n3)s2)c1. The molecule has 0 saturated carbocycles. The number of thiophene rings is 1. The Hall–Kier alpha value is -1.94. The number of anilines is 2. The Morgan fingerprint density at radius 1 is 1.19 bits per heavy atom. The third-order valence-corrected chi connectivity index (χ3v) is 7.02. The predicted octanol–water partition coefficient (Wildman–Crippen LogP) is 5.77. The maximum Gasteiger partial charge on any atom is 0.210 e. The number of ether oxygens (including phenoxy) is 1. The average Bonchev–Trinajstić information content (AvgIpc) is 3.41. The molecule has 0 aliphatic rings. The van der Waals surface area contributed by atoms with Crippen molar-refractivity contribution in [3.8, 4) is 16.3 Å². The van der Waals surface area contributed by atoms with Crippen LogP contribution in [-0.2, 0) is 5.75 Å². The highest BCUT2D eigenvalue weighted by Gasteiger charge is 2.09. The second kappa shape index (κ2) is 8.17. The van der Waals surface area contributed by atoms with Gasteiger partial charge in [0, 0.05) is 33.8 Å². The quantitative estimate of drug-likeness (QED) is 0.385. The third-order valence-electron chi connectivity index (χ3n) is 3.39. The van der Waals surface area contributed by atoms with Gasteiger partial charge in [-0.2, -0.15) is 11.3 Å². The number of nitrogens with one attached hydrogen (secondary N) is 1. The van der Waals surface area contributed by atoms with Gasteiger partial charge in [-0.15, -0.1) is 21.5 Å². The highest BCUT2D eigenvalue weighted by Crippen LogP contribution is 2.32. The Bertz CT molecular complexity index is 980. The van der Waals surface area contributed by atoms with Crippen molar-refractivity contribution in [3.05, 3.63) is 52.2 Å². The zero-order valence-electron chi connectivity index (χ0n) is 13.7. The molecule has 4 rings (SSSR count). The van der Waals surface area contributed by atoms with Crippen molar-refractivity contribution in [2.45, 2.75) is 10.1 Å². The fourth-order valence-corrected chi connectivity index (χ4v) is 5.47. The number of benzene rings is 1. The molecule has 0 bridgehead atoms. The predicted molar refractivity (Wildman–Crippen MR) is 111 cm³/mol. The normalized spacial score (nSPS) is 10.8. The molecule has 0 atom stereocenters. The molecule has 0 saturated heterocycles. The topological polar surface area (TPSA) is 59.9 Å². The standard InChI is InChI=1S/C17H14N4OS4/c1-22-14-4-2-3-12(7-14)19-16-20-21-17(26-16)25-10-13-9-24-15(18-13)11-5-6-23-8-11/h2-9H,10H2,1H3,(H,19,20). The number of hydrogen-bond donors (Lipinski definition) is 1. The first-order valence-electron chi connectivity index (χ1n) is 7.64. The lowest BCUT2D eigenvalue weighted by atomic mass is 10.3. The van der Waals surface area contributed by atoms with Crippen LogP contribution < -0.4 is 10.1 Å². The van der Waals surface area contributed by atoms with E-state index in [0.717, 1.165) is 37.4 Å². The first-order valence-corrected chi connectivity index (χ1v) is 11.3. The van der Waals surface area contributed by atoms with Crippen LogP contribution in [0.2, 0.25) is 0 Å². The van der Waals surface area contributed by atoms with E-state index in [1.165, 1.54) is 16.9 Å². The lowest BCUT2D eigenvalue weighted by molar-refractivity contribution is 0.415. The minimum absolute atomic E-state index is 0.762. The lowest BCUT2D eigenvalue weighted by Crippen LogP contribution is -1.90. The molecular weight excluding hydrogens is 404 g/mol. The molecule has 3 aromatic heterocycles. The van der Waals surface area contributed by atoms with Crippen LogP contribution >= 0.6 is 45.8 Å². The zero-order chi connectivity index (χ0) is 17.8. The van der Waals surface area contributed by atoms with E-state index < -0.39 is 0 Å². The van der Waals surface area contributed by atoms with E-state index in [1.807, 2.05) is 24.3 Å². The monoisotopic (exact) mass is 418 g/mol. The first kappa shape index (κ1) is 17.5. The van der Waals surface area contributed by atoms with Gasteiger partial charge in [-0.05, 0) is 23.6 Å². The molecule has 0 spiro atoms. The van der Waals surface area contributed by atoms with Gasteiger partial charge in [0.15, 0.2) is 4.34 Å². The summed E-state index contributed by atoms with van der Waals surface area (Å²) in [6.45, 7) is 0. The van der Waals surface area contributed by atoms with Gasteiger partial charge in [-0.1, -0.05) is 29.2 Å². The van der Waals surface area contributed by atoms with E-state index in [1.54, 1.807) is 41.5 Å². The van der Waals surface area contributed by atoms with E-state index in [4.69, 9.17) is 9.72 Å². The summed E-state index contributed by atoms with van der Waals surface area (Å²) in [6.07, 6.45) is 0. The molecule has 3 heterocycles. The van der Waals surface area contributed by atoms with Crippen LogP contribution in [0.5, 0.6) is 5.75 Å². The van der Waals surface area contributed by atoms with Gasteiger partial charge in [0.2, 0.25) is 5.13 Å². The van der Waals surface area contributed by atoms with E-state index >= 15 is 0 Å². The summed E-state index contributed by atoms with van der Waals surface area (Å²) in [5.41, 5.74) is 3.19. The molecule has 26 heavy (non-hydrogen) atoms. The highest BCUT2D eigenvalue weighted by molar-refractivity contribution is 8.00. The summed E-state index contributed by atoms with van der Waals surface area (Å²) in [4.78, 5) is 4.69. The maximum absolute atomic E-state index is 5.23. The van der Waals surface area contributed by atoms with Gasteiger partial charge in [0.25, 0.3) is 0 Å². The van der Waals surface area contributed by atoms with Crippen LogP contribution in [-0.4, -0.2) is 22.3 Å². The van der Waals surface area contributed by atoms with Gasteiger partial charge in [-0.25, -0.2) is 4.98 Å². The van der Waals surface area contributed by atoms with Crippen molar-refractivity contribution in [2.24, 2.45) is 0 Å². The summed E-state index contributed by atoms with van der Waals surface area (Å²) >= 11 is 6.55. The van der Waals surface area contributed by atoms with E-state index in [0.29, 0.717) is 0 Å². The molecule has 0 unspecified atom stereocenters. The smallest absolute Gasteiger partial charge is 0.210 e. The Labute approximate surface area is 167 Å². The summed E-state index contributed by atoms with van der Waals surface area (Å²) in [5, 5.41) is 19.8. The second-order valence-corrected chi connectivity index (χ2v) is 9.01. The van der Waals surface area contributed by atoms with E-state index in [2.05, 4.69) is 37.7 Å². The molecule has 9 heteroatoms. The Morgan fingerprint density at radius 2 is 2.15 bits per heavy atom. The molecule has 1 aromatic carbocycles. The molecule has 0 amide bonds. The van der Waals surface area contributed by atoms with Crippen molar-refractivity contribution >= 4 is 56.6 Å². The minimum Gasteiger partial charge on any atom is -0.497 e. The van der Waals surface area contributed by atoms with Gasteiger partial charge in [0.05, 0.1) is 12.8 Å². The Morgan fingerprint density at radius 3 is 3.00 bits per heavy atom. The average molecular weight is 419 g/mol. The molecule has 0 radical (unpaired) electrons. The van der Waals surface area contributed by atoms with Crippen LogP contribution in [0, 0.1) is 0 Å². The molecule has 1 N–H and O–H groups in total. The molecule has 0 aliphatic carbocycles. The first-order chi connectivity index (χ1) is 12.8. The second-order valence-electron chi connectivity index (χ2n) is 5.17. The summed E-state index contributed by atoms with van der Waals surface area (Å²) in [7, 11) is 1.65. The van der Waals surface area contributed by atoms with Crippen LogP contribution in [0.3, 0.4) is 0 Å². The van der Waals surface area contributed by atoms with Crippen molar-refractivity contribution in [1.29, 1.82) is 0 Å². The fourth-order valence-electron chi connectivity index (χ4n) is 2.17. The van der Waals surface area contributed by atoms with Crippen LogP contribution in [0.1, 0.15) is 5.69 Å². The number of thiazole rings is 1. The summed E-state index contributed by atoms with van der Waals surface area (Å²) in [5.74, 6) is 1.59. The molecule has 5 nitrogen and oxygen atoms in total. The van der Waals surface area contributed by atoms with E-state index in [-0.39, 0.29) is 0 Å². The lowest BCUT2D eigenvalue weighted by Gasteiger charge is -2.04. The number of aromatic nitrogens is 3. The van der Waals surface area contributed by atoms with Crippen LogP contribution in [0.15, 0.2) is 50.8 Å². The van der Waals surface area contributed by atoms with Gasteiger partial charge in [-0.3, -0.25) is 0 Å². The highest BCUT2D eigenvalue weighted by atomic mass is 32.2. The van der Waals surface area contributed by atoms with Gasteiger partial charge < -0.3 is 10.1 Å². The fraction of sp³-hybridized carbons (Fsp3) is 0.118. The van der Waals surface area contributed by atoms with Crippen molar-refractivity contribution in [3.63, 3.8) is 0 Å². The number of thioether (sulfide) groups is 1. The molecule has 0 aliphatic heterocycles. The van der Waals surface area contributed by atoms with Gasteiger partial charge in [0.1, 0.15) is 10.8 Å². The number of nitrogens with zero attached hydrogens (tertiary/aromatic N) is 3. The molecule has 132 valence electrons. The summed E-state index contributed by atoms with van der Waals surface area (Å²) < 4.78 is 6.15. The van der Waals surface area contributed by atoms with Crippen molar-refractivity contribution < 1.29 is 4.74 Å². The minimum atomic E-state index is 0.762. The Balaban J connectivity index is 1.36. The van der Waals surface area contributed by atoms with Crippen molar-refractivity contribution in [1.82, 2.24) is 15.2 Å². The molecular formula is C17H14N4OS4. The van der Waals surface area contributed by atoms with Gasteiger partial charge >= 0.3 is 0 Å². The van der Waals surface area contributed by atoms with Crippen LogP contribution in [0.25, 0.3) is 10.6 Å². The number of methoxy groups -OCH3 is 1. The largest absolute Gasteiger partial charge is 0.497 e. The molecule has 4 aromatic rings. The number of rotatable bonds is 7. The zero-order valence-corrected chi connectivity index (χ0v) is 17.0. The summed E-state index contributed by atoms with van der Waals surface area (Å²) in [6, 6.07) is 9.84. The van der Waals surface area contributed by atoms with Crippen LogP contribution in [0.4, 0.5) is 10.8 Å². The maximum atomic E-state index is 5.23. The van der Waals surface area contributed by atoms with Crippen molar-refractivity contribution in [2.75, 3.05) is 12.4 Å². The number of hydrogen-bond acceptors (Lipinski definition) is 9.